The van der Waals surface area contributed by atoms with Gasteiger partial charge >= 0.3 is 6.18 Å². The molecule has 2 rings (SSSR count). The zero-order valence-corrected chi connectivity index (χ0v) is 14.8. The van der Waals surface area contributed by atoms with Crippen molar-refractivity contribution in [3.05, 3.63) is 53.1 Å². The molecule has 8 heteroatoms. The van der Waals surface area contributed by atoms with Crippen molar-refractivity contribution in [1.29, 1.82) is 0 Å². The van der Waals surface area contributed by atoms with Crippen molar-refractivity contribution in [2.24, 2.45) is 0 Å². The van der Waals surface area contributed by atoms with Crippen LogP contribution in [-0.4, -0.2) is 19.1 Å². The number of benzene rings is 2. The van der Waals surface area contributed by atoms with Crippen molar-refractivity contribution in [3.63, 3.8) is 0 Å². The molecule has 0 spiro atoms. The van der Waals surface area contributed by atoms with Crippen LogP contribution >= 0.6 is 11.6 Å². The number of carbonyl (C=O) groups is 1. The number of hydrogen-bond donors (Lipinski definition) is 1. The first-order chi connectivity index (χ1) is 12.2. The first-order valence-corrected chi connectivity index (χ1v) is 8.10. The molecule has 0 aromatic heterocycles. The molecule has 2 aromatic carbocycles. The van der Waals surface area contributed by atoms with Crippen molar-refractivity contribution >= 4 is 23.2 Å². The second kappa shape index (κ2) is 8.31. The van der Waals surface area contributed by atoms with E-state index in [-0.39, 0.29) is 5.69 Å². The summed E-state index contributed by atoms with van der Waals surface area (Å²) in [5.74, 6) is 0.523. The first-order valence-electron chi connectivity index (χ1n) is 7.73. The van der Waals surface area contributed by atoms with E-state index in [9.17, 15) is 18.0 Å². The van der Waals surface area contributed by atoms with Gasteiger partial charge in [0.15, 0.2) is 6.10 Å². The lowest BCUT2D eigenvalue weighted by molar-refractivity contribution is -0.137. The summed E-state index contributed by atoms with van der Waals surface area (Å²) < 4.78 is 49.4. The van der Waals surface area contributed by atoms with Gasteiger partial charge in [-0.25, -0.2) is 0 Å². The molecule has 1 atom stereocenters. The van der Waals surface area contributed by atoms with Gasteiger partial charge in [-0.3, -0.25) is 4.79 Å². The SMILES string of the molecule is CC[C@H](Oc1ccc(OC)cc1)C(=O)Nc1ccc(Cl)c(C(F)(F)F)c1. The predicted molar refractivity (Wildman–Crippen MR) is 92.8 cm³/mol. The Balaban J connectivity index is 2.11. The number of halogens is 4. The van der Waals surface area contributed by atoms with E-state index in [0.717, 1.165) is 12.1 Å². The van der Waals surface area contributed by atoms with Gasteiger partial charge < -0.3 is 14.8 Å². The summed E-state index contributed by atoms with van der Waals surface area (Å²) in [6.45, 7) is 1.73. The van der Waals surface area contributed by atoms with Crippen LogP contribution in [0.1, 0.15) is 18.9 Å². The molecule has 0 saturated heterocycles. The van der Waals surface area contributed by atoms with Crippen LogP contribution in [0.15, 0.2) is 42.5 Å². The van der Waals surface area contributed by atoms with E-state index in [1.54, 1.807) is 31.2 Å². The van der Waals surface area contributed by atoms with E-state index < -0.39 is 28.8 Å². The van der Waals surface area contributed by atoms with E-state index in [1.165, 1.54) is 13.2 Å². The molecule has 0 aliphatic heterocycles. The van der Waals surface area contributed by atoms with E-state index in [4.69, 9.17) is 21.1 Å². The number of methoxy groups -OCH3 is 1. The van der Waals surface area contributed by atoms with Crippen molar-refractivity contribution < 1.29 is 27.4 Å². The maximum atomic E-state index is 12.9. The Labute approximate surface area is 153 Å². The molecular formula is C18H17ClF3NO3. The van der Waals surface area contributed by atoms with Crippen LogP contribution in [0.25, 0.3) is 0 Å². The third-order valence-corrected chi connectivity index (χ3v) is 3.87. The van der Waals surface area contributed by atoms with Crippen molar-refractivity contribution in [3.8, 4) is 11.5 Å². The second-order valence-electron chi connectivity index (χ2n) is 5.37. The number of alkyl halides is 3. The minimum Gasteiger partial charge on any atom is -0.497 e. The van der Waals surface area contributed by atoms with Gasteiger partial charge in [0.05, 0.1) is 17.7 Å². The third-order valence-electron chi connectivity index (χ3n) is 3.54. The molecule has 140 valence electrons. The number of nitrogens with one attached hydrogen (secondary N) is 1. The Morgan fingerprint density at radius 3 is 2.31 bits per heavy atom. The summed E-state index contributed by atoms with van der Waals surface area (Å²) in [5.41, 5.74) is -1.02. The fourth-order valence-corrected chi connectivity index (χ4v) is 2.41. The van der Waals surface area contributed by atoms with E-state index >= 15 is 0 Å². The Hall–Kier alpha value is -2.41. The standard InChI is InChI=1S/C18H17ClF3NO3/c1-3-16(26-13-7-5-12(25-2)6-8-13)17(24)23-11-4-9-15(19)14(10-11)18(20,21)22/h4-10,16H,3H2,1-2H3,(H,23,24)/t16-/m0/s1. The maximum absolute atomic E-state index is 12.9. The normalized spacial score (nSPS) is 12.4. The number of carbonyl (C=O) groups excluding carboxylic acids is 1. The fourth-order valence-electron chi connectivity index (χ4n) is 2.18. The van der Waals surface area contributed by atoms with E-state index in [2.05, 4.69) is 5.32 Å². The van der Waals surface area contributed by atoms with Gasteiger partial charge in [0.1, 0.15) is 11.5 Å². The lowest BCUT2D eigenvalue weighted by Crippen LogP contribution is -2.32. The molecule has 0 unspecified atom stereocenters. The molecule has 0 saturated carbocycles. The number of rotatable bonds is 6. The molecule has 0 heterocycles. The molecule has 2 aromatic rings. The van der Waals surface area contributed by atoms with Gasteiger partial charge in [-0.05, 0) is 48.9 Å². The summed E-state index contributed by atoms with van der Waals surface area (Å²) in [7, 11) is 1.53. The van der Waals surface area contributed by atoms with Crippen LogP contribution in [0.4, 0.5) is 18.9 Å². The zero-order valence-electron chi connectivity index (χ0n) is 14.1. The number of anilines is 1. The molecule has 0 fully saturated rings. The van der Waals surface area contributed by atoms with Crippen LogP contribution in [-0.2, 0) is 11.0 Å². The van der Waals surface area contributed by atoms with Crippen LogP contribution in [0, 0.1) is 0 Å². The quantitative estimate of drug-likeness (QED) is 0.744. The predicted octanol–water partition coefficient (Wildman–Crippen LogP) is 5.16. The van der Waals surface area contributed by atoms with Crippen LogP contribution in [0.3, 0.4) is 0 Å². The van der Waals surface area contributed by atoms with Gasteiger partial charge in [-0.2, -0.15) is 13.2 Å². The van der Waals surface area contributed by atoms with Crippen molar-refractivity contribution in [2.75, 3.05) is 12.4 Å². The minimum atomic E-state index is -4.61. The highest BCUT2D eigenvalue weighted by Crippen LogP contribution is 2.36. The van der Waals surface area contributed by atoms with Crippen LogP contribution in [0.5, 0.6) is 11.5 Å². The lowest BCUT2D eigenvalue weighted by Gasteiger charge is -2.18. The Morgan fingerprint density at radius 2 is 1.77 bits per heavy atom. The third kappa shape index (κ3) is 5.05. The van der Waals surface area contributed by atoms with E-state index in [0.29, 0.717) is 17.9 Å². The molecule has 0 aliphatic rings. The van der Waals surface area contributed by atoms with Gasteiger partial charge in [0, 0.05) is 5.69 Å². The molecule has 4 nitrogen and oxygen atoms in total. The van der Waals surface area contributed by atoms with Crippen molar-refractivity contribution in [1.82, 2.24) is 0 Å². The highest BCUT2D eigenvalue weighted by Gasteiger charge is 2.33. The van der Waals surface area contributed by atoms with E-state index in [1.807, 2.05) is 0 Å². The highest BCUT2D eigenvalue weighted by molar-refractivity contribution is 6.31. The summed E-state index contributed by atoms with van der Waals surface area (Å²) in [6.07, 6.45) is -5.15. The largest absolute Gasteiger partial charge is 0.497 e. The topological polar surface area (TPSA) is 47.6 Å². The summed E-state index contributed by atoms with van der Waals surface area (Å²) >= 11 is 5.57. The van der Waals surface area contributed by atoms with Gasteiger partial charge in [0.2, 0.25) is 0 Å². The van der Waals surface area contributed by atoms with Gasteiger partial charge in [-0.1, -0.05) is 18.5 Å². The molecule has 1 amide bonds. The molecule has 0 radical (unpaired) electrons. The monoisotopic (exact) mass is 387 g/mol. The second-order valence-corrected chi connectivity index (χ2v) is 5.78. The Kier molecular flexibility index (Phi) is 6.37. The summed E-state index contributed by atoms with van der Waals surface area (Å²) in [4.78, 5) is 12.3. The minimum absolute atomic E-state index is 0.0106. The molecule has 1 N–H and O–H groups in total. The lowest BCUT2D eigenvalue weighted by atomic mass is 10.1. The number of ether oxygens (including phenoxy) is 2. The van der Waals surface area contributed by atoms with Crippen molar-refractivity contribution in [2.45, 2.75) is 25.6 Å². The zero-order chi connectivity index (χ0) is 19.3. The molecule has 0 aliphatic carbocycles. The number of amides is 1. The van der Waals surface area contributed by atoms with Crippen LogP contribution < -0.4 is 14.8 Å². The Morgan fingerprint density at radius 1 is 1.15 bits per heavy atom. The average molecular weight is 388 g/mol. The smallest absolute Gasteiger partial charge is 0.417 e. The Bertz CT molecular complexity index is 763. The highest BCUT2D eigenvalue weighted by atomic mass is 35.5. The molecule has 26 heavy (non-hydrogen) atoms. The van der Waals surface area contributed by atoms with Gasteiger partial charge in [0.25, 0.3) is 5.91 Å². The summed E-state index contributed by atoms with van der Waals surface area (Å²) in [6, 6.07) is 9.81. The first kappa shape index (κ1) is 19.9. The molecule has 0 bridgehead atoms. The average Bonchev–Trinajstić information content (AvgIpc) is 2.60. The molecular weight excluding hydrogens is 371 g/mol. The number of hydrogen-bond acceptors (Lipinski definition) is 3. The van der Waals surface area contributed by atoms with Crippen LogP contribution in [0.2, 0.25) is 5.02 Å². The summed E-state index contributed by atoms with van der Waals surface area (Å²) in [5, 5.41) is 1.99. The fraction of sp³-hybridized carbons (Fsp3) is 0.278. The van der Waals surface area contributed by atoms with Gasteiger partial charge in [-0.15, -0.1) is 0 Å². The maximum Gasteiger partial charge on any atom is 0.417 e.